The van der Waals surface area contributed by atoms with Gasteiger partial charge in [-0.15, -0.1) is 0 Å². The number of rotatable bonds is 42. The Balaban J connectivity index is 3.48. The zero-order valence-corrected chi connectivity index (χ0v) is 34.2. The number of nitrogens with one attached hydrogen (secondary N) is 1. The van der Waals surface area contributed by atoms with Crippen molar-refractivity contribution in [3.63, 3.8) is 0 Å². The van der Waals surface area contributed by atoms with E-state index in [1.807, 2.05) is 0 Å². The highest BCUT2D eigenvalue weighted by Gasteiger charge is 2.20. The molecule has 4 heteroatoms. The summed E-state index contributed by atoms with van der Waals surface area (Å²) in [5.41, 5.74) is 0. The number of carbonyl (C=O) groups excluding carboxylic acids is 1. The molecule has 0 spiro atoms. The molecule has 3 N–H and O–H groups in total. The van der Waals surface area contributed by atoms with Crippen LogP contribution < -0.4 is 5.32 Å². The number of hydrogen-bond donors (Lipinski definition) is 3. The minimum Gasteiger partial charge on any atom is -0.394 e. The van der Waals surface area contributed by atoms with E-state index in [1.54, 1.807) is 0 Å². The van der Waals surface area contributed by atoms with Gasteiger partial charge in [-0.25, -0.2) is 0 Å². The molecule has 0 saturated heterocycles. The molecule has 0 aromatic rings. The second-order valence-corrected chi connectivity index (χ2v) is 15.8. The average molecular weight is 706 g/mol. The van der Waals surface area contributed by atoms with Crippen LogP contribution in [-0.4, -0.2) is 34.9 Å². The molecule has 2 unspecified atom stereocenters. The van der Waals surface area contributed by atoms with Crippen molar-refractivity contribution in [2.24, 2.45) is 0 Å². The fourth-order valence-electron chi connectivity index (χ4n) is 7.24. The molecule has 1 amide bonds. The van der Waals surface area contributed by atoms with Crippen molar-refractivity contribution in [2.45, 2.75) is 270 Å². The Morgan fingerprint density at radius 1 is 0.460 bits per heavy atom. The van der Waals surface area contributed by atoms with Crippen LogP contribution in [0.5, 0.6) is 0 Å². The van der Waals surface area contributed by atoms with Crippen molar-refractivity contribution in [2.75, 3.05) is 6.61 Å². The summed E-state index contributed by atoms with van der Waals surface area (Å²) in [4.78, 5) is 12.4. The van der Waals surface area contributed by atoms with Gasteiger partial charge in [0.05, 0.1) is 18.8 Å². The molecule has 0 aromatic carbocycles. The predicted octanol–water partition coefficient (Wildman–Crippen LogP) is 14.2. The summed E-state index contributed by atoms with van der Waals surface area (Å²) in [6.45, 7) is 4.37. The summed E-state index contributed by atoms with van der Waals surface area (Å²) in [5, 5.41) is 23.2. The monoisotopic (exact) mass is 706 g/mol. The van der Waals surface area contributed by atoms with Crippen molar-refractivity contribution in [3.8, 4) is 0 Å². The predicted molar refractivity (Wildman–Crippen MR) is 221 cm³/mol. The largest absolute Gasteiger partial charge is 0.394 e. The molecule has 0 aromatic heterocycles. The number of allylic oxidation sites excluding steroid dienone is 2. The van der Waals surface area contributed by atoms with Gasteiger partial charge in [0.2, 0.25) is 5.91 Å². The van der Waals surface area contributed by atoms with Crippen LogP contribution in [0.3, 0.4) is 0 Å². The molecule has 0 rings (SSSR count). The van der Waals surface area contributed by atoms with Crippen molar-refractivity contribution in [1.82, 2.24) is 5.32 Å². The second-order valence-electron chi connectivity index (χ2n) is 15.8. The first-order chi connectivity index (χ1) is 24.7. The zero-order chi connectivity index (χ0) is 36.4. The Labute approximate surface area is 314 Å². The maximum atomic E-state index is 12.4. The van der Waals surface area contributed by atoms with E-state index in [0.717, 1.165) is 25.7 Å². The standard InChI is InChI=1S/C46H91NO3/c1-3-5-7-9-11-13-15-17-19-21-22-23-24-25-26-27-29-31-33-35-37-39-41-45(49)44(43-48)47-46(50)42-40-38-36-34-32-30-28-20-18-16-14-12-10-8-6-4-2/h20,28,44-45,48-49H,3-19,21-27,29-43H2,1-2H3,(H,47,50)/b28-20-. The summed E-state index contributed by atoms with van der Waals surface area (Å²) < 4.78 is 0. The topological polar surface area (TPSA) is 69.6 Å². The van der Waals surface area contributed by atoms with Gasteiger partial charge in [0.1, 0.15) is 0 Å². The molecule has 0 heterocycles. The van der Waals surface area contributed by atoms with Crippen molar-refractivity contribution in [3.05, 3.63) is 12.2 Å². The Hall–Kier alpha value is -0.870. The molecule has 0 saturated carbocycles. The van der Waals surface area contributed by atoms with Crippen LogP contribution in [0.4, 0.5) is 0 Å². The number of unbranched alkanes of at least 4 members (excludes halogenated alkanes) is 33. The fraction of sp³-hybridized carbons (Fsp3) is 0.935. The Kier molecular flexibility index (Phi) is 41.8. The van der Waals surface area contributed by atoms with E-state index in [1.165, 1.54) is 205 Å². The van der Waals surface area contributed by atoms with Gasteiger partial charge >= 0.3 is 0 Å². The van der Waals surface area contributed by atoms with Gasteiger partial charge in [-0.3, -0.25) is 4.79 Å². The van der Waals surface area contributed by atoms with Gasteiger partial charge < -0.3 is 15.5 Å². The lowest BCUT2D eigenvalue weighted by Gasteiger charge is -2.22. The van der Waals surface area contributed by atoms with Crippen LogP contribution in [0.2, 0.25) is 0 Å². The molecule has 0 aliphatic heterocycles. The number of carbonyl (C=O) groups is 1. The highest BCUT2D eigenvalue weighted by molar-refractivity contribution is 5.76. The van der Waals surface area contributed by atoms with Gasteiger partial charge in [0.15, 0.2) is 0 Å². The van der Waals surface area contributed by atoms with Gasteiger partial charge in [-0.05, 0) is 38.5 Å². The zero-order valence-electron chi connectivity index (χ0n) is 34.2. The minimum absolute atomic E-state index is 0.0366. The summed E-state index contributed by atoms with van der Waals surface area (Å²) in [7, 11) is 0. The summed E-state index contributed by atoms with van der Waals surface area (Å²) in [6, 6.07) is -0.537. The summed E-state index contributed by atoms with van der Waals surface area (Å²) in [6.07, 6.45) is 52.9. The lowest BCUT2D eigenvalue weighted by molar-refractivity contribution is -0.123. The Bertz CT molecular complexity index is 680. The molecule has 0 aliphatic carbocycles. The summed E-state index contributed by atoms with van der Waals surface area (Å²) >= 11 is 0. The molecule has 0 bridgehead atoms. The minimum atomic E-state index is -0.659. The highest BCUT2D eigenvalue weighted by Crippen LogP contribution is 2.17. The average Bonchev–Trinajstić information content (AvgIpc) is 3.12. The summed E-state index contributed by atoms with van der Waals surface area (Å²) in [5.74, 6) is -0.0366. The normalized spacial score (nSPS) is 13.0. The van der Waals surface area contributed by atoms with E-state index in [-0.39, 0.29) is 12.5 Å². The smallest absolute Gasteiger partial charge is 0.220 e. The lowest BCUT2D eigenvalue weighted by Crippen LogP contribution is -2.45. The molecule has 0 aliphatic rings. The number of aliphatic hydroxyl groups excluding tert-OH is 2. The van der Waals surface area contributed by atoms with Crippen LogP contribution in [0.15, 0.2) is 12.2 Å². The first kappa shape index (κ1) is 49.1. The van der Waals surface area contributed by atoms with Crippen LogP contribution in [0.25, 0.3) is 0 Å². The lowest BCUT2D eigenvalue weighted by atomic mass is 10.0. The molecular weight excluding hydrogens is 615 g/mol. The highest BCUT2D eigenvalue weighted by atomic mass is 16.3. The van der Waals surface area contributed by atoms with Gasteiger partial charge in [-0.2, -0.15) is 0 Å². The molecule has 50 heavy (non-hydrogen) atoms. The Morgan fingerprint density at radius 3 is 1.10 bits per heavy atom. The third-order valence-electron chi connectivity index (χ3n) is 10.8. The van der Waals surface area contributed by atoms with Crippen LogP contribution >= 0.6 is 0 Å². The van der Waals surface area contributed by atoms with E-state index in [9.17, 15) is 15.0 Å². The third-order valence-corrected chi connectivity index (χ3v) is 10.8. The first-order valence-corrected chi connectivity index (χ1v) is 22.9. The number of aliphatic hydroxyl groups is 2. The SMILES string of the molecule is CCCCCCCCC/C=C\CCCCCCCC(=O)NC(CO)C(O)CCCCCCCCCCCCCCCCCCCCCCCC. The second kappa shape index (κ2) is 42.5. The molecule has 0 radical (unpaired) electrons. The van der Waals surface area contributed by atoms with Crippen LogP contribution in [-0.2, 0) is 4.79 Å². The van der Waals surface area contributed by atoms with Crippen molar-refractivity contribution < 1.29 is 15.0 Å². The third kappa shape index (κ3) is 38.4. The van der Waals surface area contributed by atoms with Crippen LogP contribution in [0, 0.1) is 0 Å². The molecule has 298 valence electrons. The van der Waals surface area contributed by atoms with E-state index in [4.69, 9.17) is 0 Å². The number of hydrogen-bond acceptors (Lipinski definition) is 3. The van der Waals surface area contributed by atoms with Gasteiger partial charge in [0.25, 0.3) is 0 Å². The van der Waals surface area contributed by atoms with Crippen LogP contribution in [0.1, 0.15) is 258 Å². The maximum absolute atomic E-state index is 12.4. The maximum Gasteiger partial charge on any atom is 0.220 e. The van der Waals surface area contributed by atoms with Crippen molar-refractivity contribution >= 4 is 5.91 Å². The van der Waals surface area contributed by atoms with E-state index >= 15 is 0 Å². The molecule has 4 nitrogen and oxygen atoms in total. The number of amides is 1. The fourth-order valence-corrected chi connectivity index (χ4v) is 7.24. The molecule has 2 atom stereocenters. The van der Waals surface area contributed by atoms with Gasteiger partial charge in [-0.1, -0.05) is 225 Å². The van der Waals surface area contributed by atoms with Crippen molar-refractivity contribution in [1.29, 1.82) is 0 Å². The molecular formula is C46H91NO3. The Morgan fingerprint density at radius 2 is 0.760 bits per heavy atom. The molecule has 0 fully saturated rings. The first-order valence-electron chi connectivity index (χ1n) is 22.9. The van der Waals surface area contributed by atoms with E-state index in [0.29, 0.717) is 12.8 Å². The van der Waals surface area contributed by atoms with Gasteiger partial charge in [0, 0.05) is 6.42 Å². The van der Waals surface area contributed by atoms with E-state index in [2.05, 4.69) is 31.3 Å². The quantitative estimate of drug-likeness (QED) is 0.0437. The van der Waals surface area contributed by atoms with E-state index < -0.39 is 12.1 Å².